The molecule has 1 aliphatic heterocycles. The van der Waals surface area contributed by atoms with Crippen LogP contribution in [0.15, 0.2) is 18.2 Å². The Bertz CT molecular complexity index is 512. The third-order valence-electron chi connectivity index (χ3n) is 3.23. The SMILES string of the molecule is Cc1ccc(NC(=O)C2COC(C)C2)c(C(=O)O)c1. The summed E-state index contributed by atoms with van der Waals surface area (Å²) in [6.45, 7) is 4.12. The lowest BCUT2D eigenvalue weighted by molar-refractivity contribution is -0.119. The number of carboxylic acid groups (broad SMARTS) is 1. The van der Waals surface area contributed by atoms with Gasteiger partial charge in [0.15, 0.2) is 0 Å². The van der Waals surface area contributed by atoms with Gasteiger partial charge in [0.05, 0.1) is 29.9 Å². The molecule has 0 saturated carbocycles. The summed E-state index contributed by atoms with van der Waals surface area (Å²) in [5.41, 5.74) is 1.29. The summed E-state index contributed by atoms with van der Waals surface area (Å²) in [7, 11) is 0. The van der Waals surface area contributed by atoms with E-state index in [2.05, 4.69) is 5.32 Å². The second-order valence-electron chi connectivity index (χ2n) is 4.92. The highest BCUT2D eigenvalue weighted by atomic mass is 16.5. The Morgan fingerprint density at radius 1 is 1.42 bits per heavy atom. The Hall–Kier alpha value is -1.88. The van der Waals surface area contributed by atoms with Crippen LogP contribution in [0.5, 0.6) is 0 Å². The van der Waals surface area contributed by atoms with Crippen molar-refractivity contribution in [2.75, 3.05) is 11.9 Å². The molecule has 1 saturated heterocycles. The molecule has 0 aromatic heterocycles. The zero-order valence-corrected chi connectivity index (χ0v) is 11.0. The minimum atomic E-state index is -1.05. The van der Waals surface area contributed by atoms with Crippen molar-refractivity contribution < 1.29 is 19.4 Å². The molecule has 19 heavy (non-hydrogen) atoms. The second kappa shape index (κ2) is 5.40. The molecule has 2 unspecified atom stereocenters. The number of hydrogen-bond acceptors (Lipinski definition) is 3. The first-order valence-electron chi connectivity index (χ1n) is 6.24. The summed E-state index contributed by atoms with van der Waals surface area (Å²) in [6.07, 6.45) is 0.743. The van der Waals surface area contributed by atoms with E-state index < -0.39 is 5.97 Å². The number of amides is 1. The highest BCUT2D eigenvalue weighted by Crippen LogP contribution is 2.23. The van der Waals surface area contributed by atoms with Crippen LogP contribution in [-0.4, -0.2) is 29.7 Å². The van der Waals surface area contributed by atoms with Gasteiger partial charge in [0.2, 0.25) is 5.91 Å². The maximum atomic E-state index is 12.0. The van der Waals surface area contributed by atoms with E-state index in [9.17, 15) is 9.59 Å². The van der Waals surface area contributed by atoms with Crippen LogP contribution in [0.1, 0.15) is 29.3 Å². The molecule has 1 aliphatic rings. The number of ether oxygens (including phenoxy) is 1. The summed E-state index contributed by atoms with van der Waals surface area (Å²) < 4.78 is 5.34. The van der Waals surface area contributed by atoms with Crippen molar-refractivity contribution in [3.63, 3.8) is 0 Å². The third-order valence-corrected chi connectivity index (χ3v) is 3.23. The molecule has 1 aromatic carbocycles. The highest BCUT2D eigenvalue weighted by Gasteiger charge is 2.28. The molecule has 102 valence electrons. The van der Waals surface area contributed by atoms with Crippen LogP contribution in [0.25, 0.3) is 0 Å². The first kappa shape index (κ1) is 13.5. The molecule has 0 bridgehead atoms. The Kier molecular flexibility index (Phi) is 3.85. The Balaban J connectivity index is 2.14. The van der Waals surface area contributed by atoms with Crippen LogP contribution in [0, 0.1) is 12.8 Å². The summed E-state index contributed by atoms with van der Waals surface area (Å²) >= 11 is 0. The average Bonchev–Trinajstić information content (AvgIpc) is 2.78. The maximum absolute atomic E-state index is 12.0. The van der Waals surface area contributed by atoms with Gasteiger partial charge in [-0.05, 0) is 32.4 Å². The molecule has 2 atom stereocenters. The van der Waals surface area contributed by atoms with E-state index in [1.165, 1.54) is 0 Å². The highest BCUT2D eigenvalue weighted by molar-refractivity contribution is 6.01. The lowest BCUT2D eigenvalue weighted by atomic mass is 10.0. The second-order valence-corrected chi connectivity index (χ2v) is 4.92. The van der Waals surface area contributed by atoms with Crippen LogP contribution in [0.4, 0.5) is 5.69 Å². The molecule has 5 nitrogen and oxygen atoms in total. The smallest absolute Gasteiger partial charge is 0.337 e. The zero-order chi connectivity index (χ0) is 14.0. The van der Waals surface area contributed by atoms with E-state index in [0.717, 1.165) is 5.56 Å². The number of carboxylic acids is 1. The molecule has 1 heterocycles. The molecular formula is C14H17NO4. The van der Waals surface area contributed by atoms with Crippen molar-refractivity contribution in [2.45, 2.75) is 26.4 Å². The largest absolute Gasteiger partial charge is 0.478 e. The van der Waals surface area contributed by atoms with Crippen molar-refractivity contribution >= 4 is 17.6 Å². The zero-order valence-electron chi connectivity index (χ0n) is 11.0. The van der Waals surface area contributed by atoms with Gasteiger partial charge in [-0.15, -0.1) is 0 Å². The monoisotopic (exact) mass is 263 g/mol. The van der Waals surface area contributed by atoms with Crippen LogP contribution >= 0.6 is 0 Å². The van der Waals surface area contributed by atoms with Crippen molar-refractivity contribution in [1.29, 1.82) is 0 Å². The fraction of sp³-hybridized carbons (Fsp3) is 0.429. The van der Waals surface area contributed by atoms with E-state index >= 15 is 0 Å². The lowest BCUT2D eigenvalue weighted by Gasteiger charge is -2.12. The number of aryl methyl sites for hydroxylation is 1. The van der Waals surface area contributed by atoms with Crippen molar-refractivity contribution in [1.82, 2.24) is 0 Å². The van der Waals surface area contributed by atoms with E-state index in [1.54, 1.807) is 18.2 Å². The normalized spacial score (nSPS) is 22.2. The van der Waals surface area contributed by atoms with Gasteiger partial charge in [-0.2, -0.15) is 0 Å². The van der Waals surface area contributed by atoms with E-state index in [1.807, 2.05) is 13.8 Å². The predicted octanol–water partition coefficient (Wildman–Crippen LogP) is 2.06. The number of rotatable bonds is 3. The predicted molar refractivity (Wildman–Crippen MR) is 70.3 cm³/mol. The number of benzene rings is 1. The first-order valence-corrected chi connectivity index (χ1v) is 6.24. The maximum Gasteiger partial charge on any atom is 0.337 e. The summed E-state index contributed by atoms with van der Waals surface area (Å²) in [6, 6.07) is 4.94. The van der Waals surface area contributed by atoms with Gasteiger partial charge in [-0.3, -0.25) is 4.79 Å². The molecule has 0 aliphatic carbocycles. The number of carbonyl (C=O) groups excluding carboxylic acids is 1. The summed E-state index contributed by atoms with van der Waals surface area (Å²) in [5, 5.41) is 11.8. The van der Waals surface area contributed by atoms with Gasteiger partial charge in [-0.1, -0.05) is 11.6 Å². The van der Waals surface area contributed by atoms with E-state index in [4.69, 9.17) is 9.84 Å². The Morgan fingerprint density at radius 2 is 2.16 bits per heavy atom. The van der Waals surface area contributed by atoms with E-state index in [0.29, 0.717) is 18.7 Å². The minimum absolute atomic E-state index is 0.0766. The van der Waals surface area contributed by atoms with Crippen molar-refractivity contribution in [3.05, 3.63) is 29.3 Å². The fourth-order valence-corrected chi connectivity index (χ4v) is 2.18. The molecule has 0 radical (unpaired) electrons. The van der Waals surface area contributed by atoms with Gasteiger partial charge in [0, 0.05) is 0 Å². The van der Waals surface area contributed by atoms with Crippen LogP contribution in [-0.2, 0) is 9.53 Å². The minimum Gasteiger partial charge on any atom is -0.478 e. The number of nitrogens with one attached hydrogen (secondary N) is 1. The molecule has 1 fully saturated rings. The lowest BCUT2D eigenvalue weighted by Crippen LogP contribution is -2.24. The van der Waals surface area contributed by atoms with Gasteiger partial charge in [-0.25, -0.2) is 4.79 Å². The van der Waals surface area contributed by atoms with Gasteiger partial charge < -0.3 is 15.2 Å². The Labute approximate surface area is 111 Å². The molecule has 2 rings (SSSR count). The molecule has 1 aromatic rings. The Morgan fingerprint density at radius 3 is 2.74 bits per heavy atom. The molecule has 0 spiro atoms. The van der Waals surface area contributed by atoms with Crippen molar-refractivity contribution in [2.24, 2.45) is 5.92 Å². The van der Waals surface area contributed by atoms with Crippen LogP contribution in [0.2, 0.25) is 0 Å². The van der Waals surface area contributed by atoms with Gasteiger partial charge in [0.25, 0.3) is 0 Å². The summed E-state index contributed by atoms with van der Waals surface area (Å²) in [4.78, 5) is 23.2. The number of carbonyl (C=O) groups is 2. The average molecular weight is 263 g/mol. The van der Waals surface area contributed by atoms with Gasteiger partial charge >= 0.3 is 5.97 Å². The van der Waals surface area contributed by atoms with Gasteiger partial charge in [0.1, 0.15) is 0 Å². The fourth-order valence-electron chi connectivity index (χ4n) is 2.18. The molecule has 2 N–H and O–H groups in total. The number of anilines is 1. The van der Waals surface area contributed by atoms with E-state index in [-0.39, 0.29) is 23.5 Å². The molecular weight excluding hydrogens is 246 g/mol. The van der Waals surface area contributed by atoms with Crippen LogP contribution in [0.3, 0.4) is 0 Å². The molecule has 1 amide bonds. The third kappa shape index (κ3) is 3.12. The first-order chi connectivity index (χ1) is 8.97. The quantitative estimate of drug-likeness (QED) is 0.875. The summed E-state index contributed by atoms with van der Waals surface area (Å²) in [5.74, 6) is -1.44. The van der Waals surface area contributed by atoms with Crippen molar-refractivity contribution in [3.8, 4) is 0 Å². The number of aromatic carboxylic acids is 1. The standard InChI is InChI=1S/C14H17NO4/c1-8-3-4-12(11(5-8)14(17)18)15-13(16)10-6-9(2)19-7-10/h3-5,9-10H,6-7H2,1-2H3,(H,15,16)(H,17,18). The topological polar surface area (TPSA) is 75.6 Å². The molecule has 5 heteroatoms. The number of hydrogen-bond donors (Lipinski definition) is 2. The van der Waals surface area contributed by atoms with Crippen LogP contribution < -0.4 is 5.32 Å².